The average molecular weight is 494 g/mol. The van der Waals surface area contributed by atoms with E-state index >= 15 is 0 Å². The van der Waals surface area contributed by atoms with Crippen LogP contribution in [0.4, 0.5) is 10.5 Å². The van der Waals surface area contributed by atoms with Gasteiger partial charge in [0.15, 0.2) is 0 Å². The molecule has 3 aliphatic heterocycles. The van der Waals surface area contributed by atoms with Crippen LogP contribution in [0.3, 0.4) is 0 Å². The molecule has 4 amide bonds. The van der Waals surface area contributed by atoms with Crippen LogP contribution < -0.4 is 5.56 Å². The lowest BCUT2D eigenvalue weighted by atomic mass is 9.75. The average Bonchev–Trinajstić information content (AvgIpc) is 2.86. The van der Waals surface area contributed by atoms with Crippen molar-refractivity contribution in [3.63, 3.8) is 0 Å². The number of carbonyl (C=O) groups excluding carboxylic acids is 3. The number of rotatable bonds is 5. The van der Waals surface area contributed by atoms with Crippen molar-refractivity contribution in [2.24, 2.45) is 11.3 Å². The molecule has 2 fully saturated rings. The first-order valence-electron chi connectivity index (χ1n) is 11.9. The first kappa shape index (κ1) is 23.9. The topological polar surface area (TPSA) is 126 Å². The molecule has 0 radical (unpaired) electrons. The van der Waals surface area contributed by atoms with Crippen LogP contribution in [-0.2, 0) is 22.6 Å². The van der Waals surface area contributed by atoms with Crippen molar-refractivity contribution in [1.82, 2.24) is 19.3 Å². The number of likely N-dealkylation sites (tertiary alicyclic amines) is 1. The summed E-state index contributed by atoms with van der Waals surface area (Å²) in [6, 6.07) is 10.4. The number of benzene rings is 1. The number of fused-ring (bicyclic) bond motifs is 4. The van der Waals surface area contributed by atoms with E-state index in [0.29, 0.717) is 25.2 Å². The lowest BCUT2D eigenvalue weighted by Gasteiger charge is -2.48. The molecule has 4 heterocycles. The number of non-ortho nitro benzene ring substituents is 1. The summed E-state index contributed by atoms with van der Waals surface area (Å²) in [5.41, 5.74) is -0.123. The van der Waals surface area contributed by atoms with Gasteiger partial charge in [0.1, 0.15) is 5.41 Å². The van der Waals surface area contributed by atoms with Crippen LogP contribution in [0.2, 0.25) is 0 Å². The van der Waals surface area contributed by atoms with E-state index in [0.717, 1.165) is 21.9 Å². The van der Waals surface area contributed by atoms with Crippen molar-refractivity contribution in [2.75, 3.05) is 33.7 Å². The summed E-state index contributed by atoms with van der Waals surface area (Å²) < 4.78 is 1.82. The number of piperidine rings is 1. The fourth-order valence-corrected chi connectivity index (χ4v) is 6.07. The third-order valence-electron chi connectivity index (χ3n) is 7.70. The van der Waals surface area contributed by atoms with Gasteiger partial charge in [0.05, 0.1) is 4.92 Å². The highest BCUT2D eigenvalue weighted by atomic mass is 16.6. The van der Waals surface area contributed by atoms with Gasteiger partial charge in [0, 0.05) is 70.1 Å². The van der Waals surface area contributed by atoms with Crippen LogP contribution in [0.25, 0.3) is 0 Å². The van der Waals surface area contributed by atoms with Gasteiger partial charge < -0.3 is 9.47 Å². The summed E-state index contributed by atoms with van der Waals surface area (Å²) >= 11 is 0. The molecule has 0 saturated carbocycles. The quantitative estimate of drug-likeness (QED) is 0.351. The summed E-state index contributed by atoms with van der Waals surface area (Å²) in [4.78, 5) is 66.8. The monoisotopic (exact) mass is 493 g/mol. The minimum atomic E-state index is -1.56. The van der Waals surface area contributed by atoms with Gasteiger partial charge in [-0.3, -0.25) is 34.3 Å². The Kier molecular flexibility index (Phi) is 5.74. The number of barbiturate groups is 1. The fourth-order valence-electron chi connectivity index (χ4n) is 6.07. The van der Waals surface area contributed by atoms with Crippen molar-refractivity contribution in [3.8, 4) is 0 Å². The molecular weight excluding hydrogens is 466 g/mol. The van der Waals surface area contributed by atoms with E-state index < -0.39 is 28.2 Å². The number of carbonyl (C=O) groups is 3. The molecule has 11 nitrogen and oxygen atoms in total. The van der Waals surface area contributed by atoms with Crippen molar-refractivity contribution in [3.05, 3.63) is 74.2 Å². The SMILES string of the molecule is CN1C(=O)N(C)C(=O)C(Cc2ccc([N+](=O)[O-])cc2)(CN2C[C@H]3C[C@@H](C2)c2cccc(=O)n2C3)C1=O. The second-order valence-corrected chi connectivity index (χ2v) is 10.1. The summed E-state index contributed by atoms with van der Waals surface area (Å²) in [6.45, 7) is 1.87. The standard InChI is InChI=1S/C25H27N5O6/c1-26-22(32)25(23(33)27(2)24(26)34,11-16-6-8-19(9-7-16)30(35)36)15-28-12-17-10-18(14-28)20-4-3-5-21(31)29(20)13-17/h3-9,17-18H,10-15H2,1-2H3/t17-,18+/m1/s1. The van der Waals surface area contributed by atoms with E-state index in [2.05, 4.69) is 4.90 Å². The molecule has 1 aromatic heterocycles. The highest BCUT2D eigenvalue weighted by Crippen LogP contribution is 2.39. The lowest BCUT2D eigenvalue weighted by molar-refractivity contribution is -0.384. The molecule has 5 rings (SSSR count). The number of hydrogen-bond donors (Lipinski definition) is 0. The van der Waals surface area contributed by atoms with E-state index in [4.69, 9.17) is 0 Å². The zero-order chi connectivity index (χ0) is 25.8. The summed E-state index contributed by atoms with van der Waals surface area (Å²) in [7, 11) is 2.73. The number of aromatic nitrogens is 1. The van der Waals surface area contributed by atoms with Crippen molar-refractivity contribution in [2.45, 2.75) is 25.3 Å². The Morgan fingerprint density at radius 1 is 0.944 bits per heavy atom. The summed E-state index contributed by atoms with van der Waals surface area (Å²) in [6.07, 6.45) is 0.933. The maximum Gasteiger partial charge on any atom is 0.332 e. The highest BCUT2D eigenvalue weighted by Gasteiger charge is 2.56. The first-order chi connectivity index (χ1) is 17.1. The third kappa shape index (κ3) is 3.79. The molecule has 2 saturated heterocycles. The van der Waals surface area contributed by atoms with Gasteiger partial charge in [-0.05, 0) is 30.4 Å². The smallest absolute Gasteiger partial charge is 0.312 e. The Morgan fingerprint density at radius 2 is 1.61 bits per heavy atom. The molecule has 11 heteroatoms. The number of nitro benzene ring substituents is 1. The van der Waals surface area contributed by atoms with Crippen LogP contribution in [0, 0.1) is 21.4 Å². The Morgan fingerprint density at radius 3 is 2.25 bits per heavy atom. The second-order valence-electron chi connectivity index (χ2n) is 10.1. The van der Waals surface area contributed by atoms with E-state index in [1.807, 2.05) is 10.6 Å². The Labute approximate surface area is 207 Å². The molecule has 3 aliphatic rings. The second kappa shape index (κ2) is 8.66. The number of nitro groups is 1. The maximum absolute atomic E-state index is 13.6. The number of urea groups is 1. The predicted molar refractivity (Wildman–Crippen MR) is 128 cm³/mol. The number of hydrogen-bond acceptors (Lipinski definition) is 7. The van der Waals surface area contributed by atoms with Crippen molar-refractivity contribution in [1.29, 1.82) is 0 Å². The van der Waals surface area contributed by atoms with E-state index in [1.54, 1.807) is 24.3 Å². The normalized spacial score (nSPS) is 23.6. The Bertz CT molecular complexity index is 1290. The van der Waals surface area contributed by atoms with Gasteiger partial charge in [-0.25, -0.2) is 4.79 Å². The van der Waals surface area contributed by atoms with Crippen LogP contribution >= 0.6 is 0 Å². The third-order valence-corrected chi connectivity index (χ3v) is 7.70. The lowest BCUT2D eigenvalue weighted by Crippen LogP contribution is -2.67. The highest BCUT2D eigenvalue weighted by molar-refractivity contribution is 6.19. The van der Waals surface area contributed by atoms with Crippen LogP contribution in [0.15, 0.2) is 47.3 Å². The van der Waals surface area contributed by atoms with Gasteiger partial charge in [-0.1, -0.05) is 18.2 Å². The molecule has 0 unspecified atom stereocenters. The molecule has 1 aromatic carbocycles. The van der Waals surface area contributed by atoms with Gasteiger partial charge in [-0.2, -0.15) is 0 Å². The molecule has 2 aromatic rings. The van der Waals surface area contributed by atoms with Crippen LogP contribution in [0.5, 0.6) is 0 Å². The molecular formula is C25H27N5O6. The Balaban J connectivity index is 1.49. The zero-order valence-corrected chi connectivity index (χ0v) is 20.1. The fraction of sp³-hybridized carbons (Fsp3) is 0.440. The molecule has 2 atom stereocenters. The minimum Gasteiger partial charge on any atom is -0.312 e. The molecule has 188 valence electrons. The van der Waals surface area contributed by atoms with E-state index in [9.17, 15) is 29.3 Å². The van der Waals surface area contributed by atoms with Crippen molar-refractivity contribution < 1.29 is 19.3 Å². The van der Waals surface area contributed by atoms with Crippen LogP contribution in [-0.4, -0.2) is 75.8 Å². The molecule has 0 aliphatic carbocycles. The molecule has 0 spiro atoms. The molecule has 0 N–H and O–H groups in total. The van der Waals surface area contributed by atoms with E-state index in [-0.39, 0.29) is 36.0 Å². The Hall–Kier alpha value is -3.86. The van der Waals surface area contributed by atoms with E-state index in [1.165, 1.54) is 26.2 Å². The van der Waals surface area contributed by atoms with Gasteiger partial charge in [-0.15, -0.1) is 0 Å². The number of pyridine rings is 1. The van der Waals surface area contributed by atoms with Gasteiger partial charge in [0.2, 0.25) is 11.8 Å². The number of imide groups is 2. The van der Waals surface area contributed by atoms with Gasteiger partial charge >= 0.3 is 6.03 Å². The van der Waals surface area contributed by atoms with Gasteiger partial charge in [0.25, 0.3) is 11.2 Å². The summed E-state index contributed by atoms with van der Waals surface area (Å²) in [5.74, 6) is -0.880. The van der Waals surface area contributed by atoms with Crippen molar-refractivity contribution >= 4 is 23.5 Å². The molecule has 36 heavy (non-hydrogen) atoms. The zero-order valence-electron chi connectivity index (χ0n) is 20.1. The maximum atomic E-state index is 13.6. The van der Waals surface area contributed by atoms with Crippen LogP contribution in [0.1, 0.15) is 23.6 Å². The number of amides is 4. The number of nitrogens with zero attached hydrogens (tertiary/aromatic N) is 5. The summed E-state index contributed by atoms with van der Waals surface area (Å²) in [5, 5.41) is 11.1. The molecule has 2 bridgehead atoms. The minimum absolute atomic E-state index is 0.00645. The largest absolute Gasteiger partial charge is 0.332 e. The predicted octanol–water partition coefficient (Wildman–Crippen LogP) is 1.46. The first-order valence-corrected chi connectivity index (χ1v) is 11.9.